The van der Waals surface area contributed by atoms with Gasteiger partial charge in [0.15, 0.2) is 5.96 Å². The summed E-state index contributed by atoms with van der Waals surface area (Å²) in [5.41, 5.74) is 0.772. The molecule has 1 aliphatic rings. The highest BCUT2D eigenvalue weighted by Gasteiger charge is 2.34. The fourth-order valence-corrected chi connectivity index (χ4v) is 2.92. The zero-order valence-corrected chi connectivity index (χ0v) is 15.6. The van der Waals surface area contributed by atoms with Gasteiger partial charge in [0.05, 0.1) is 13.1 Å². The summed E-state index contributed by atoms with van der Waals surface area (Å²) in [6.07, 6.45) is -6.16. The molecule has 2 N–H and O–H groups in total. The molecule has 2 rings (SSSR count). The van der Waals surface area contributed by atoms with Gasteiger partial charge in [-0.2, -0.15) is 13.2 Å². The van der Waals surface area contributed by atoms with Crippen LogP contribution in [-0.4, -0.2) is 62.3 Å². The van der Waals surface area contributed by atoms with Gasteiger partial charge in [-0.25, -0.2) is 13.8 Å². The predicted octanol–water partition coefficient (Wildman–Crippen LogP) is 3.02. The van der Waals surface area contributed by atoms with Gasteiger partial charge in [-0.1, -0.05) is 12.1 Å². The van der Waals surface area contributed by atoms with Crippen molar-refractivity contribution in [3.63, 3.8) is 0 Å². The Bertz CT molecular complexity index is 639. The van der Waals surface area contributed by atoms with Crippen LogP contribution in [-0.2, 0) is 6.54 Å². The second kappa shape index (κ2) is 10.4. The minimum Gasteiger partial charge on any atom is -0.488 e. The molecule has 0 bridgehead atoms. The lowest BCUT2D eigenvalue weighted by atomic mass is 10.2. The molecular formula is C18H25F5N4O. The minimum atomic E-state index is -4.20. The lowest BCUT2D eigenvalue weighted by Crippen LogP contribution is -2.45. The van der Waals surface area contributed by atoms with E-state index in [0.717, 1.165) is 5.56 Å². The van der Waals surface area contributed by atoms with Crippen molar-refractivity contribution in [3.8, 4) is 5.75 Å². The fourth-order valence-electron chi connectivity index (χ4n) is 2.92. The van der Waals surface area contributed by atoms with E-state index in [1.807, 2.05) is 6.92 Å². The van der Waals surface area contributed by atoms with Crippen LogP contribution in [0.4, 0.5) is 22.0 Å². The van der Waals surface area contributed by atoms with E-state index in [1.165, 1.54) is 4.90 Å². The average Bonchev–Trinajstić information content (AvgIpc) is 3.03. The van der Waals surface area contributed by atoms with E-state index in [0.29, 0.717) is 37.8 Å². The zero-order chi connectivity index (χ0) is 20.6. The molecule has 0 aliphatic carbocycles. The quantitative estimate of drug-likeness (QED) is 0.395. The smallest absolute Gasteiger partial charge is 0.401 e. The molecule has 1 saturated heterocycles. The van der Waals surface area contributed by atoms with Gasteiger partial charge in [0.25, 0.3) is 6.43 Å². The molecule has 0 aromatic heterocycles. The van der Waals surface area contributed by atoms with Gasteiger partial charge >= 0.3 is 6.18 Å². The SMILES string of the molecule is CCNC(=NCc1cccc(OCC(F)F)c1)NC1CCN(CC(F)(F)F)C1. The fraction of sp³-hybridized carbons (Fsp3) is 0.611. The van der Waals surface area contributed by atoms with Crippen LogP contribution in [0.15, 0.2) is 29.3 Å². The topological polar surface area (TPSA) is 48.9 Å². The summed E-state index contributed by atoms with van der Waals surface area (Å²) in [4.78, 5) is 5.80. The molecule has 1 fully saturated rings. The number of guanidine groups is 1. The van der Waals surface area contributed by atoms with Crippen LogP contribution >= 0.6 is 0 Å². The summed E-state index contributed by atoms with van der Waals surface area (Å²) < 4.78 is 67.0. The van der Waals surface area contributed by atoms with Gasteiger partial charge < -0.3 is 15.4 Å². The van der Waals surface area contributed by atoms with E-state index in [2.05, 4.69) is 15.6 Å². The van der Waals surface area contributed by atoms with Crippen LogP contribution in [0.3, 0.4) is 0 Å². The van der Waals surface area contributed by atoms with Crippen molar-refractivity contribution < 1.29 is 26.7 Å². The van der Waals surface area contributed by atoms with Crippen molar-refractivity contribution in [2.24, 2.45) is 4.99 Å². The maximum atomic E-state index is 12.5. The van der Waals surface area contributed by atoms with Gasteiger partial charge in [0.1, 0.15) is 12.4 Å². The first-order chi connectivity index (χ1) is 13.2. The molecule has 1 aromatic carbocycles. The molecule has 0 radical (unpaired) electrons. The summed E-state index contributed by atoms with van der Waals surface area (Å²) in [6, 6.07) is 6.59. The first-order valence-corrected chi connectivity index (χ1v) is 9.09. The number of rotatable bonds is 8. The van der Waals surface area contributed by atoms with Crippen molar-refractivity contribution >= 4 is 5.96 Å². The lowest BCUT2D eigenvalue weighted by molar-refractivity contribution is -0.143. The molecule has 1 aromatic rings. The van der Waals surface area contributed by atoms with Crippen LogP contribution in [0.5, 0.6) is 5.75 Å². The van der Waals surface area contributed by atoms with Crippen LogP contribution in [0.2, 0.25) is 0 Å². The molecule has 1 aliphatic heterocycles. The second-order valence-corrected chi connectivity index (χ2v) is 6.52. The molecule has 0 spiro atoms. The van der Waals surface area contributed by atoms with Crippen LogP contribution in [0.25, 0.3) is 0 Å². The van der Waals surface area contributed by atoms with Gasteiger partial charge in [-0.3, -0.25) is 4.90 Å². The molecule has 10 heteroatoms. The number of aliphatic imine (C=N–C) groups is 1. The summed E-state index contributed by atoms with van der Waals surface area (Å²) in [7, 11) is 0. The van der Waals surface area contributed by atoms with E-state index < -0.39 is 25.8 Å². The molecule has 1 unspecified atom stereocenters. The van der Waals surface area contributed by atoms with Gasteiger partial charge in [-0.05, 0) is 31.0 Å². The Labute approximate surface area is 161 Å². The molecule has 1 atom stereocenters. The Balaban J connectivity index is 1.91. The third-order valence-electron chi connectivity index (χ3n) is 4.05. The number of likely N-dealkylation sites (tertiary alicyclic amines) is 1. The van der Waals surface area contributed by atoms with Crippen LogP contribution < -0.4 is 15.4 Å². The third kappa shape index (κ3) is 8.28. The van der Waals surface area contributed by atoms with Crippen LogP contribution in [0, 0.1) is 0 Å². The van der Waals surface area contributed by atoms with Gasteiger partial charge in [0, 0.05) is 25.7 Å². The van der Waals surface area contributed by atoms with Crippen molar-refractivity contribution in [2.45, 2.75) is 38.5 Å². The molecule has 0 amide bonds. The molecule has 5 nitrogen and oxygen atoms in total. The molecule has 0 saturated carbocycles. The molecule has 28 heavy (non-hydrogen) atoms. The van der Waals surface area contributed by atoms with Gasteiger partial charge in [0.2, 0.25) is 0 Å². The van der Waals surface area contributed by atoms with E-state index in [9.17, 15) is 22.0 Å². The third-order valence-corrected chi connectivity index (χ3v) is 4.05. The molecule has 158 valence electrons. The summed E-state index contributed by atoms with van der Waals surface area (Å²) in [5.74, 6) is 0.838. The first-order valence-electron chi connectivity index (χ1n) is 9.09. The van der Waals surface area contributed by atoms with Crippen molar-refractivity contribution in [1.82, 2.24) is 15.5 Å². The highest BCUT2D eigenvalue weighted by Crippen LogP contribution is 2.20. The molecular weight excluding hydrogens is 383 g/mol. The number of halogens is 5. The highest BCUT2D eigenvalue weighted by atomic mass is 19.4. The maximum Gasteiger partial charge on any atom is 0.401 e. The number of nitrogens with one attached hydrogen (secondary N) is 2. The molecule has 1 heterocycles. The lowest BCUT2D eigenvalue weighted by Gasteiger charge is -2.19. The number of alkyl halides is 5. The Morgan fingerprint density at radius 2 is 2.14 bits per heavy atom. The number of hydrogen-bond donors (Lipinski definition) is 2. The summed E-state index contributed by atoms with van der Waals surface area (Å²) in [6.45, 7) is 1.85. The zero-order valence-electron chi connectivity index (χ0n) is 15.6. The van der Waals surface area contributed by atoms with E-state index in [4.69, 9.17) is 4.74 Å². The maximum absolute atomic E-state index is 12.5. The Morgan fingerprint density at radius 3 is 2.82 bits per heavy atom. The summed E-state index contributed by atoms with van der Waals surface area (Å²) >= 11 is 0. The largest absolute Gasteiger partial charge is 0.488 e. The highest BCUT2D eigenvalue weighted by molar-refractivity contribution is 5.80. The Hall–Kier alpha value is -2.10. The number of ether oxygens (including phenoxy) is 1. The second-order valence-electron chi connectivity index (χ2n) is 6.52. The number of hydrogen-bond acceptors (Lipinski definition) is 3. The van der Waals surface area contributed by atoms with E-state index >= 15 is 0 Å². The summed E-state index contributed by atoms with van der Waals surface area (Å²) in [5, 5.41) is 6.22. The van der Waals surface area contributed by atoms with E-state index in [-0.39, 0.29) is 12.6 Å². The normalized spacial score (nSPS) is 18.5. The van der Waals surface area contributed by atoms with Crippen molar-refractivity contribution in [1.29, 1.82) is 0 Å². The number of nitrogens with zero attached hydrogens (tertiary/aromatic N) is 2. The number of benzene rings is 1. The van der Waals surface area contributed by atoms with Crippen LogP contribution in [0.1, 0.15) is 18.9 Å². The minimum absolute atomic E-state index is 0.124. The average molecular weight is 408 g/mol. The Morgan fingerprint density at radius 1 is 1.36 bits per heavy atom. The van der Waals surface area contributed by atoms with E-state index in [1.54, 1.807) is 24.3 Å². The Kier molecular flexibility index (Phi) is 8.28. The monoisotopic (exact) mass is 408 g/mol. The predicted molar refractivity (Wildman–Crippen MR) is 96.8 cm³/mol. The van der Waals surface area contributed by atoms with Crippen molar-refractivity contribution in [2.75, 3.05) is 32.8 Å². The van der Waals surface area contributed by atoms with Gasteiger partial charge in [-0.15, -0.1) is 0 Å². The van der Waals surface area contributed by atoms with Crippen molar-refractivity contribution in [3.05, 3.63) is 29.8 Å². The standard InChI is InChI=1S/C18H25F5N4O/c1-2-24-17(26-14-6-7-27(10-14)12-18(21,22)23)25-9-13-4-3-5-15(8-13)28-11-16(19)20/h3-5,8,14,16H,2,6-7,9-12H2,1H3,(H2,24,25,26). The first kappa shape index (κ1) is 22.2.